The van der Waals surface area contributed by atoms with E-state index in [1.807, 2.05) is 0 Å². The Morgan fingerprint density at radius 2 is 2.15 bits per heavy atom. The summed E-state index contributed by atoms with van der Waals surface area (Å²) in [5.74, 6) is -0.520. The fourth-order valence-corrected chi connectivity index (χ4v) is 2.76. The zero-order valence-corrected chi connectivity index (χ0v) is 12.9. The average Bonchev–Trinajstić information content (AvgIpc) is 2.48. The Morgan fingerprint density at radius 1 is 1.40 bits per heavy atom. The zero-order chi connectivity index (χ0) is 14.7. The van der Waals surface area contributed by atoms with Crippen molar-refractivity contribution in [3.8, 4) is 0 Å². The van der Waals surface area contributed by atoms with Crippen LogP contribution in [0.15, 0.2) is 22.7 Å². The Bertz CT molecular complexity index is 533. The van der Waals surface area contributed by atoms with Crippen LogP contribution in [0.4, 0.5) is 5.69 Å². The molecule has 0 aromatic heterocycles. The molecule has 1 aliphatic rings. The number of halogens is 1. The van der Waals surface area contributed by atoms with E-state index in [0.717, 1.165) is 12.8 Å². The van der Waals surface area contributed by atoms with Gasteiger partial charge < -0.3 is 15.4 Å². The van der Waals surface area contributed by atoms with Gasteiger partial charge in [0.05, 0.1) is 7.11 Å². The second kappa shape index (κ2) is 6.26. The van der Waals surface area contributed by atoms with E-state index in [4.69, 9.17) is 10.5 Å². The molecule has 0 saturated carbocycles. The molecule has 1 aliphatic heterocycles. The van der Waals surface area contributed by atoms with Crippen molar-refractivity contribution in [1.82, 2.24) is 4.90 Å². The van der Waals surface area contributed by atoms with Crippen LogP contribution in [0, 0.1) is 0 Å². The first-order valence-electron chi connectivity index (χ1n) is 6.48. The number of likely N-dealkylation sites (tertiary alicyclic amines) is 1. The molecule has 6 heteroatoms. The molecule has 2 N–H and O–H groups in total. The maximum absolute atomic E-state index is 12.6. The Morgan fingerprint density at radius 3 is 2.80 bits per heavy atom. The average molecular weight is 341 g/mol. The van der Waals surface area contributed by atoms with Gasteiger partial charge in [-0.25, -0.2) is 4.79 Å². The van der Waals surface area contributed by atoms with E-state index in [9.17, 15) is 9.59 Å². The third-order valence-electron chi connectivity index (χ3n) is 3.48. The highest BCUT2D eigenvalue weighted by Gasteiger charge is 2.33. The van der Waals surface area contributed by atoms with Crippen LogP contribution in [0.1, 0.15) is 29.6 Å². The summed E-state index contributed by atoms with van der Waals surface area (Å²) in [5.41, 5.74) is 6.81. The summed E-state index contributed by atoms with van der Waals surface area (Å²) in [6.45, 7) is 0.570. The fourth-order valence-electron chi connectivity index (χ4n) is 2.38. The van der Waals surface area contributed by atoms with Crippen LogP contribution in [-0.2, 0) is 9.53 Å². The van der Waals surface area contributed by atoms with E-state index in [1.165, 1.54) is 7.11 Å². The molecule has 20 heavy (non-hydrogen) atoms. The maximum atomic E-state index is 12.6. The SMILES string of the molecule is COC(=O)C1CCCCN1C(=O)c1ccc(N)c(Br)c1. The van der Waals surface area contributed by atoms with E-state index in [-0.39, 0.29) is 11.9 Å². The van der Waals surface area contributed by atoms with Crippen LogP contribution in [-0.4, -0.2) is 36.5 Å². The van der Waals surface area contributed by atoms with E-state index in [2.05, 4.69) is 15.9 Å². The van der Waals surface area contributed by atoms with Gasteiger partial charge in [0.15, 0.2) is 0 Å². The van der Waals surface area contributed by atoms with Gasteiger partial charge in [-0.2, -0.15) is 0 Å². The lowest BCUT2D eigenvalue weighted by molar-refractivity contribution is -0.147. The summed E-state index contributed by atoms with van der Waals surface area (Å²) in [5, 5.41) is 0. The molecule has 1 unspecified atom stereocenters. The molecule has 1 fully saturated rings. The number of rotatable bonds is 2. The number of amides is 1. The summed E-state index contributed by atoms with van der Waals surface area (Å²) in [6, 6.07) is 4.54. The number of ether oxygens (including phenoxy) is 1. The van der Waals surface area contributed by atoms with Crippen LogP contribution in [0.25, 0.3) is 0 Å². The number of piperidine rings is 1. The third-order valence-corrected chi connectivity index (χ3v) is 4.17. The molecule has 1 amide bonds. The molecule has 2 rings (SSSR count). The van der Waals surface area contributed by atoms with Crippen LogP contribution in [0.5, 0.6) is 0 Å². The summed E-state index contributed by atoms with van der Waals surface area (Å²) < 4.78 is 5.46. The van der Waals surface area contributed by atoms with Crippen molar-refractivity contribution in [1.29, 1.82) is 0 Å². The molecular formula is C14H17BrN2O3. The van der Waals surface area contributed by atoms with Gasteiger partial charge in [-0.15, -0.1) is 0 Å². The standard InChI is InChI=1S/C14H17BrN2O3/c1-20-14(19)12-4-2-3-7-17(12)13(18)9-5-6-11(16)10(15)8-9/h5-6,8,12H,2-4,7,16H2,1H3. The Balaban J connectivity index is 2.25. The molecule has 108 valence electrons. The molecule has 1 saturated heterocycles. The van der Waals surface area contributed by atoms with Gasteiger partial charge in [0.1, 0.15) is 6.04 Å². The van der Waals surface area contributed by atoms with Crippen molar-refractivity contribution in [2.24, 2.45) is 0 Å². The number of nitrogens with two attached hydrogens (primary N) is 1. The van der Waals surface area contributed by atoms with Crippen molar-refractivity contribution in [3.63, 3.8) is 0 Å². The number of nitrogen functional groups attached to an aromatic ring is 1. The maximum Gasteiger partial charge on any atom is 0.328 e. The van der Waals surface area contributed by atoms with E-state index in [1.54, 1.807) is 23.1 Å². The van der Waals surface area contributed by atoms with Gasteiger partial charge in [0.2, 0.25) is 0 Å². The number of hydrogen-bond donors (Lipinski definition) is 1. The predicted octanol–water partition coefficient (Wildman–Crippen LogP) is 2.20. The molecular weight excluding hydrogens is 324 g/mol. The molecule has 1 aromatic rings. The molecule has 0 bridgehead atoms. The normalized spacial score (nSPS) is 18.7. The van der Waals surface area contributed by atoms with Crippen molar-refractivity contribution in [2.45, 2.75) is 25.3 Å². The van der Waals surface area contributed by atoms with Crippen LogP contribution in [0.3, 0.4) is 0 Å². The molecule has 5 nitrogen and oxygen atoms in total. The lowest BCUT2D eigenvalue weighted by Crippen LogP contribution is -2.48. The molecule has 0 spiro atoms. The summed E-state index contributed by atoms with van der Waals surface area (Å²) in [6.07, 6.45) is 2.47. The summed E-state index contributed by atoms with van der Waals surface area (Å²) in [7, 11) is 1.35. The minimum absolute atomic E-state index is 0.166. The van der Waals surface area contributed by atoms with Gasteiger partial charge in [0, 0.05) is 22.3 Å². The second-order valence-electron chi connectivity index (χ2n) is 4.77. The van der Waals surface area contributed by atoms with Gasteiger partial charge in [-0.1, -0.05) is 0 Å². The fraction of sp³-hybridized carbons (Fsp3) is 0.429. The highest BCUT2D eigenvalue weighted by molar-refractivity contribution is 9.10. The molecule has 1 heterocycles. The number of carbonyl (C=O) groups excluding carboxylic acids is 2. The van der Waals surface area contributed by atoms with Gasteiger partial charge in [0.25, 0.3) is 5.91 Å². The molecule has 0 radical (unpaired) electrons. The van der Waals surface area contributed by atoms with E-state index in [0.29, 0.717) is 28.7 Å². The topological polar surface area (TPSA) is 72.6 Å². The largest absolute Gasteiger partial charge is 0.467 e. The monoisotopic (exact) mass is 340 g/mol. The predicted molar refractivity (Wildman–Crippen MR) is 79.2 cm³/mol. The van der Waals surface area contributed by atoms with Crippen molar-refractivity contribution in [2.75, 3.05) is 19.4 Å². The lowest BCUT2D eigenvalue weighted by atomic mass is 10.0. The number of hydrogen-bond acceptors (Lipinski definition) is 4. The highest BCUT2D eigenvalue weighted by atomic mass is 79.9. The quantitative estimate of drug-likeness (QED) is 0.661. The van der Waals surface area contributed by atoms with Gasteiger partial charge in [-0.05, 0) is 53.4 Å². The Kier molecular flexibility index (Phi) is 4.65. The van der Waals surface area contributed by atoms with Crippen LogP contribution >= 0.6 is 15.9 Å². The number of anilines is 1. The van der Waals surface area contributed by atoms with Crippen LogP contribution in [0.2, 0.25) is 0 Å². The Labute approximate surface area is 126 Å². The number of nitrogens with zero attached hydrogens (tertiary/aromatic N) is 1. The Hall–Kier alpha value is -1.56. The first kappa shape index (κ1) is 14.8. The van der Waals surface area contributed by atoms with E-state index >= 15 is 0 Å². The number of carbonyl (C=O) groups is 2. The summed E-state index contributed by atoms with van der Waals surface area (Å²) >= 11 is 3.31. The molecule has 1 aromatic carbocycles. The first-order valence-corrected chi connectivity index (χ1v) is 7.27. The minimum atomic E-state index is -0.488. The smallest absolute Gasteiger partial charge is 0.328 e. The first-order chi connectivity index (χ1) is 9.54. The zero-order valence-electron chi connectivity index (χ0n) is 11.3. The lowest BCUT2D eigenvalue weighted by Gasteiger charge is -2.33. The number of esters is 1. The van der Waals surface area contributed by atoms with Gasteiger partial charge >= 0.3 is 5.97 Å². The van der Waals surface area contributed by atoms with Crippen molar-refractivity contribution < 1.29 is 14.3 Å². The third kappa shape index (κ3) is 2.95. The summed E-state index contributed by atoms with van der Waals surface area (Å²) in [4.78, 5) is 25.9. The number of benzene rings is 1. The highest BCUT2D eigenvalue weighted by Crippen LogP contribution is 2.24. The number of methoxy groups -OCH3 is 1. The van der Waals surface area contributed by atoms with Gasteiger partial charge in [-0.3, -0.25) is 4.79 Å². The van der Waals surface area contributed by atoms with Crippen molar-refractivity contribution in [3.05, 3.63) is 28.2 Å². The van der Waals surface area contributed by atoms with E-state index < -0.39 is 6.04 Å². The van der Waals surface area contributed by atoms with Crippen LogP contribution < -0.4 is 5.73 Å². The minimum Gasteiger partial charge on any atom is -0.467 e. The molecule has 0 aliphatic carbocycles. The second-order valence-corrected chi connectivity index (χ2v) is 5.62. The molecule has 1 atom stereocenters. The van der Waals surface area contributed by atoms with Crippen molar-refractivity contribution >= 4 is 33.5 Å².